The Morgan fingerprint density at radius 3 is 2.57 bits per heavy atom. The van der Waals surface area contributed by atoms with E-state index in [-0.39, 0.29) is 0 Å². The summed E-state index contributed by atoms with van der Waals surface area (Å²) in [5, 5.41) is 19.5. The number of guanidine groups is 1. The molecule has 1 aromatic rings. The maximum absolute atomic E-state index is 11.6. The van der Waals surface area contributed by atoms with Gasteiger partial charge in [-0.3, -0.25) is 4.99 Å². The van der Waals surface area contributed by atoms with Gasteiger partial charge in [0.1, 0.15) is 11.4 Å². The standard InChI is InChI=1S/C21H34N4O3/c1-21(2,3)28-20(27)24-13-7-12-23-19(22-4)25-14-17-16-9-6-5-8-15(16)10-11-18(17)26/h10-11,26H,5-9,12-14H2,1-4H3,(H,24,27)(H2,22,23,25). The molecular formula is C21H34N4O3. The smallest absolute Gasteiger partial charge is 0.407 e. The van der Waals surface area contributed by atoms with Crippen LogP contribution < -0.4 is 16.0 Å². The summed E-state index contributed by atoms with van der Waals surface area (Å²) in [4.78, 5) is 15.8. The van der Waals surface area contributed by atoms with Gasteiger partial charge in [-0.25, -0.2) is 4.79 Å². The minimum atomic E-state index is -0.490. The van der Waals surface area contributed by atoms with Gasteiger partial charge in [0.2, 0.25) is 0 Å². The second-order valence-corrected chi connectivity index (χ2v) is 8.04. The lowest BCUT2D eigenvalue weighted by Gasteiger charge is -2.21. The minimum Gasteiger partial charge on any atom is -0.508 e. The van der Waals surface area contributed by atoms with Crippen LogP contribution in [0, 0.1) is 0 Å². The SMILES string of the molecule is CN=C(NCCCNC(=O)OC(C)(C)C)NCc1c(O)ccc2c1CCCC2. The Hall–Kier alpha value is -2.44. The molecule has 0 aliphatic heterocycles. The number of hydrogen-bond acceptors (Lipinski definition) is 4. The van der Waals surface area contributed by atoms with Crippen LogP contribution in [-0.2, 0) is 24.1 Å². The third kappa shape index (κ3) is 6.94. The zero-order valence-electron chi connectivity index (χ0n) is 17.5. The quantitative estimate of drug-likeness (QED) is 0.340. The van der Waals surface area contributed by atoms with Gasteiger partial charge in [0.05, 0.1) is 0 Å². The van der Waals surface area contributed by atoms with E-state index in [9.17, 15) is 9.90 Å². The van der Waals surface area contributed by atoms with E-state index in [2.05, 4.69) is 20.9 Å². The monoisotopic (exact) mass is 390 g/mol. The molecule has 4 N–H and O–H groups in total. The van der Waals surface area contributed by atoms with E-state index in [0.29, 0.717) is 31.3 Å². The van der Waals surface area contributed by atoms with Gasteiger partial charge in [-0.1, -0.05) is 6.07 Å². The van der Waals surface area contributed by atoms with Crippen LogP contribution in [0.1, 0.15) is 56.7 Å². The van der Waals surface area contributed by atoms with Crippen LogP contribution in [0.2, 0.25) is 0 Å². The zero-order valence-corrected chi connectivity index (χ0v) is 17.5. The van der Waals surface area contributed by atoms with Gasteiger partial charge in [0.15, 0.2) is 5.96 Å². The number of nitrogens with zero attached hydrogens (tertiary/aromatic N) is 1. The molecule has 0 saturated heterocycles. The fourth-order valence-electron chi connectivity index (χ4n) is 3.28. The normalized spacial score (nSPS) is 14.2. The number of ether oxygens (including phenoxy) is 1. The molecule has 0 spiro atoms. The first-order valence-corrected chi connectivity index (χ1v) is 10.0. The Morgan fingerprint density at radius 1 is 1.14 bits per heavy atom. The predicted molar refractivity (Wildman–Crippen MR) is 112 cm³/mol. The summed E-state index contributed by atoms with van der Waals surface area (Å²) in [6, 6.07) is 3.83. The number of carbonyl (C=O) groups is 1. The van der Waals surface area contributed by atoms with E-state index in [0.717, 1.165) is 24.8 Å². The van der Waals surface area contributed by atoms with Gasteiger partial charge in [-0.05, 0) is 70.1 Å². The second-order valence-electron chi connectivity index (χ2n) is 8.04. The van der Waals surface area contributed by atoms with Crippen molar-refractivity contribution in [2.45, 2.75) is 65.0 Å². The third-order valence-corrected chi connectivity index (χ3v) is 4.60. The van der Waals surface area contributed by atoms with Crippen molar-refractivity contribution in [3.8, 4) is 5.75 Å². The van der Waals surface area contributed by atoms with Crippen molar-refractivity contribution < 1.29 is 14.6 Å². The molecule has 7 nitrogen and oxygen atoms in total. The molecule has 0 unspecified atom stereocenters. The molecule has 1 aliphatic carbocycles. The first-order valence-electron chi connectivity index (χ1n) is 10.0. The predicted octanol–water partition coefficient (Wildman–Crippen LogP) is 2.85. The number of alkyl carbamates (subject to hydrolysis) is 1. The lowest BCUT2D eigenvalue weighted by atomic mass is 9.88. The van der Waals surface area contributed by atoms with E-state index in [1.54, 1.807) is 13.1 Å². The maximum Gasteiger partial charge on any atom is 0.407 e. The molecule has 28 heavy (non-hydrogen) atoms. The molecule has 2 rings (SSSR count). The summed E-state index contributed by atoms with van der Waals surface area (Å²) < 4.78 is 5.20. The summed E-state index contributed by atoms with van der Waals surface area (Å²) in [6.07, 6.45) is 4.82. The topological polar surface area (TPSA) is 95.0 Å². The number of aromatic hydroxyl groups is 1. The molecule has 0 aromatic heterocycles. The highest BCUT2D eigenvalue weighted by Crippen LogP contribution is 2.30. The number of nitrogens with one attached hydrogen (secondary N) is 3. The molecule has 0 bridgehead atoms. The fourth-order valence-corrected chi connectivity index (χ4v) is 3.28. The van der Waals surface area contributed by atoms with E-state index in [1.807, 2.05) is 26.8 Å². The van der Waals surface area contributed by atoms with Crippen molar-refractivity contribution in [2.24, 2.45) is 4.99 Å². The number of phenols is 1. The summed E-state index contributed by atoms with van der Waals surface area (Å²) in [6.45, 7) is 7.23. The molecule has 0 fully saturated rings. The molecule has 0 atom stereocenters. The first kappa shape index (κ1) is 21.9. The van der Waals surface area contributed by atoms with Crippen LogP contribution in [0.3, 0.4) is 0 Å². The van der Waals surface area contributed by atoms with Crippen molar-refractivity contribution in [3.05, 3.63) is 28.8 Å². The van der Waals surface area contributed by atoms with Crippen LogP contribution in [-0.4, -0.2) is 42.9 Å². The number of aryl methyl sites for hydroxylation is 1. The van der Waals surface area contributed by atoms with Gasteiger partial charge >= 0.3 is 6.09 Å². The summed E-state index contributed by atoms with van der Waals surface area (Å²) in [5.74, 6) is 1.01. The Labute approximate surface area is 168 Å². The molecule has 1 aromatic carbocycles. The lowest BCUT2D eigenvalue weighted by Crippen LogP contribution is -2.39. The number of phenolic OH excluding ortho intramolecular Hbond substituents is 1. The molecule has 1 amide bonds. The average Bonchev–Trinajstić information content (AvgIpc) is 2.63. The number of carbonyl (C=O) groups excluding carboxylic acids is 1. The van der Waals surface area contributed by atoms with Crippen molar-refractivity contribution in [3.63, 3.8) is 0 Å². The number of amides is 1. The molecule has 7 heteroatoms. The van der Waals surface area contributed by atoms with Crippen LogP contribution in [0.25, 0.3) is 0 Å². The Bertz CT molecular complexity index is 696. The van der Waals surface area contributed by atoms with Crippen molar-refractivity contribution in [2.75, 3.05) is 20.1 Å². The molecule has 1 aliphatic rings. The largest absolute Gasteiger partial charge is 0.508 e. The van der Waals surface area contributed by atoms with E-state index in [4.69, 9.17) is 4.74 Å². The van der Waals surface area contributed by atoms with Crippen LogP contribution in [0.4, 0.5) is 4.79 Å². The fraction of sp³-hybridized carbons (Fsp3) is 0.619. The van der Waals surface area contributed by atoms with Gasteiger partial charge in [0, 0.05) is 32.2 Å². The number of aliphatic imine (C=N–C) groups is 1. The summed E-state index contributed by atoms with van der Waals surface area (Å²) in [7, 11) is 1.72. The number of benzene rings is 1. The maximum atomic E-state index is 11.6. The Balaban J connectivity index is 1.75. The zero-order chi connectivity index (χ0) is 20.6. The van der Waals surface area contributed by atoms with Gasteiger partial charge in [-0.15, -0.1) is 0 Å². The van der Waals surface area contributed by atoms with Gasteiger partial charge in [0.25, 0.3) is 0 Å². The Morgan fingerprint density at radius 2 is 1.86 bits per heavy atom. The minimum absolute atomic E-state index is 0.338. The number of rotatable bonds is 6. The van der Waals surface area contributed by atoms with Crippen molar-refractivity contribution in [1.29, 1.82) is 0 Å². The van der Waals surface area contributed by atoms with Gasteiger partial charge < -0.3 is 25.8 Å². The molecule has 0 saturated carbocycles. The van der Waals surface area contributed by atoms with Gasteiger partial charge in [-0.2, -0.15) is 0 Å². The highest BCUT2D eigenvalue weighted by atomic mass is 16.6. The van der Waals surface area contributed by atoms with E-state index >= 15 is 0 Å². The average molecular weight is 391 g/mol. The molecule has 0 radical (unpaired) electrons. The number of fused-ring (bicyclic) bond motifs is 1. The number of hydrogen-bond donors (Lipinski definition) is 4. The van der Waals surface area contributed by atoms with Crippen molar-refractivity contribution >= 4 is 12.1 Å². The summed E-state index contributed by atoms with van der Waals surface area (Å²) >= 11 is 0. The highest BCUT2D eigenvalue weighted by molar-refractivity contribution is 5.79. The van der Waals surface area contributed by atoms with Crippen LogP contribution >= 0.6 is 0 Å². The van der Waals surface area contributed by atoms with E-state index in [1.165, 1.54) is 24.0 Å². The summed E-state index contributed by atoms with van der Waals surface area (Å²) in [5.41, 5.74) is 3.09. The first-order chi connectivity index (χ1) is 13.3. The van der Waals surface area contributed by atoms with E-state index < -0.39 is 11.7 Å². The lowest BCUT2D eigenvalue weighted by molar-refractivity contribution is 0.0527. The highest BCUT2D eigenvalue weighted by Gasteiger charge is 2.17. The van der Waals surface area contributed by atoms with Crippen LogP contribution in [0.5, 0.6) is 5.75 Å². The molecule has 0 heterocycles. The second kappa shape index (κ2) is 10.2. The molecular weight excluding hydrogens is 356 g/mol. The van der Waals surface area contributed by atoms with Crippen LogP contribution in [0.15, 0.2) is 17.1 Å². The third-order valence-electron chi connectivity index (χ3n) is 4.60. The van der Waals surface area contributed by atoms with Crippen molar-refractivity contribution in [1.82, 2.24) is 16.0 Å². The Kier molecular flexibility index (Phi) is 7.96. The molecule has 156 valence electrons.